The van der Waals surface area contributed by atoms with E-state index >= 15 is 0 Å². The molecule has 112 valence electrons. The second-order valence-corrected chi connectivity index (χ2v) is 6.40. The van der Waals surface area contributed by atoms with Gasteiger partial charge in [0, 0.05) is 25.3 Å². The molecule has 1 aliphatic carbocycles. The Morgan fingerprint density at radius 2 is 2.25 bits per heavy atom. The number of carboxylic acids is 1. The zero-order valence-corrected chi connectivity index (χ0v) is 13.0. The van der Waals surface area contributed by atoms with E-state index in [4.69, 9.17) is 5.11 Å². The van der Waals surface area contributed by atoms with Crippen molar-refractivity contribution >= 4 is 17.7 Å². The van der Waals surface area contributed by atoms with Crippen LogP contribution in [0.15, 0.2) is 11.4 Å². The summed E-state index contributed by atoms with van der Waals surface area (Å²) in [6.45, 7) is 3.80. The summed E-state index contributed by atoms with van der Waals surface area (Å²) in [4.78, 5) is 17.5. The van der Waals surface area contributed by atoms with Crippen molar-refractivity contribution in [3.63, 3.8) is 0 Å². The van der Waals surface area contributed by atoms with Gasteiger partial charge in [-0.2, -0.15) is 0 Å². The quantitative estimate of drug-likeness (QED) is 0.782. The molecule has 0 amide bonds. The average molecular weight is 297 g/mol. The van der Waals surface area contributed by atoms with E-state index < -0.39 is 5.97 Å². The van der Waals surface area contributed by atoms with Gasteiger partial charge in [-0.3, -0.25) is 4.79 Å². The number of carboxylic acid groups (broad SMARTS) is 1. The van der Waals surface area contributed by atoms with Crippen LogP contribution in [0.3, 0.4) is 0 Å². The molecule has 0 aromatic carbocycles. The molecule has 1 saturated carbocycles. The molecule has 1 aliphatic rings. The number of nitrogens with zero attached hydrogens (tertiary/aromatic N) is 3. The Morgan fingerprint density at radius 1 is 1.55 bits per heavy atom. The lowest BCUT2D eigenvalue weighted by Gasteiger charge is -2.24. The van der Waals surface area contributed by atoms with Crippen LogP contribution in [0.5, 0.6) is 0 Å². The Morgan fingerprint density at radius 3 is 2.90 bits per heavy atom. The van der Waals surface area contributed by atoms with Crippen LogP contribution in [0.4, 0.5) is 0 Å². The first-order chi connectivity index (χ1) is 9.56. The van der Waals surface area contributed by atoms with Crippen molar-refractivity contribution in [2.75, 3.05) is 19.3 Å². The molecule has 2 rings (SSSR count). The van der Waals surface area contributed by atoms with Crippen LogP contribution in [0.25, 0.3) is 0 Å². The summed E-state index contributed by atoms with van der Waals surface area (Å²) in [6.07, 6.45) is 7.31. The number of hydrogen-bond acceptors (Lipinski definition) is 4. The number of likely N-dealkylation sites (N-methyl/N-ethyl adjacent to an activating group) is 1. The molecule has 0 aliphatic heterocycles. The summed E-state index contributed by atoms with van der Waals surface area (Å²) < 4.78 is 2.08. The Labute approximate surface area is 124 Å². The summed E-state index contributed by atoms with van der Waals surface area (Å²) in [6, 6.07) is 0.717. The highest BCUT2D eigenvalue weighted by Gasteiger charge is 2.19. The van der Waals surface area contributed by atoms with Crippen LogP contribution in [0.1, 0.15) is 31.4 Å². The maximum absolute atomic E-state index is 10.7. The fourth-order valence-corrected chi connectivity index (χ4v) is 3.49. The molecule has 0 atom stereocenters. The number of hydrogen-bond donors (Lipinski definition) is 1. The minimum atomic E-state index is -0.801. The zero-order valence-electron chi connectivity index (χ0n) is 12.2. The molecule has 1 aromatic rings. The van der Waals surface area contributed by atoms with Crippen molar-refractivity contribution in [2.24, 2.45) is 0 Å². The van der Waals surface area contributed by atoms with Gasteiger partial charge in [0.25, 0.3) is 0 Å². The van der Waals surface area contributed by atoms with E-state index in [0.717, 1.165) is 30.0 Å². The van der Waals surface area contributed by atoms with Gasteiger partial charge in [-0.05, 0) is 26.8 Å². The topological polar surface area (TPSA) is 58.4 Å². The highest BCUT2D eigenvalue weighted by atomic mass is 32.2. The van der Waals surface area contributed by atoms with Gasteiger partial charge in [0.15, 0.2) is 5.16 Å². The molecule has 6 heteroatoms. The van der Waals surface area contributed by atoms with Crippen molar-refractivity contribution in [1.29, 1.82) is 0 Å². The molecule has 1 fully saturated rings. The van der Waals surface area contributed by atoms with Gasteiger partial charge >= 0.3 is 5.97 Å². The lowest BCUT2D eigenvalue weighted by molar-refractivity contribution is -0.133. The highest BCUT2D eigenvalue weighted by molar-refractivity contribution is 7.99. The average Bonchev–Trinajstić information content (AvgIpc) is 3.02. The fraction of sp³-hybridized carbons (Fsp3) is 0.714. The summed E-state index contributed by atoms with van der Waals surface area (Å²) in [5, 5.41) is 9.58. The van der Waals surface area contributed by atoms with Crippen molar-refractivity contribution in [2.45, 2.75) is 50.4 Å². The first kappa shape index (κ1) is 15.4. The van der Waals surface area contributed by atoms with Crippen LogP contribution in [-0.4, -0.2) is 50.9 Å². The van der Waals surface area contributed by atoms with Crippen molar-refractivity contribution in [1.82, 2.24) is 14.5 Å². The number of imidazole rings is 1. The van der Waals surface area contributed by atoms with Gasteiger partial charge < -0.3 is 14.6 Å². The van der Waals surface area contributed by atoms with Crippen LogP contribution in [0, 0.1) is 6.92 Å². The second kappa shape index (κ2) is 7.13. The molecule has 20 heavy (non-hydrogen) atoms. The molecule has 1 aromatic heterocycles. The molecule has 0 radical (unpaired) electrons. The smallest absolute Gasteiger partial charge is 0.313 e. The Bertz CT molecular complexity index is 455. The normalized spacial score (nSPS) is 16.1. The summed E-state index contributed by atoms with van der Waals surface area (Å²) in [5.41, 5.74) is 0.946. The van der Waals surface area contributed by atoms with Crippen molar-refractivity contribution < 1.29 is 9.90 Å². The van der Waals surface area contributed by atoms with Crippen molar-refractivity contribution in [3.8, 4) is 0 Å². The monoisotopic (exact) mass is 297 g/mol. The lowest BCUT2D eigenvalue weighted by Crippen LogP contribution is -2.32. The number of carbonyl (C=O) groups is 1. The Balaban J connectivity index is 1.89. The molecule has 0 bridgehead atoms. The minimum Gasteiger partial charge on any atom is -0.481 e. The summed E-state index contributed by atoms with van der Waals surface area (Å²) in [7, 11) is 2.18. The molecule has 0 saturated heterocycles. The van der Waals surface area contributed by atoms with Crippen LogP contribution < -0.4 is 0 Å². The van der Waals surface area contributed by atoms with Gasteiger partial charge in [-0.15, -0.1) is 0 Å². The van der Waals surface area contributed by atoms with E-state index in [0.29, 0.717) is 0 Å². The standard InChI is InChI=1S/C14H23N3O2S/c1-11-9-17(14(15-11)20-10-13(18)19)8-7-16(2)12-5-3-4-6-12/h9,12H,3-8,10H2,1-2H3,(H,18,19). The van der Waals surface area contributed by atoms with E-state index in [1.54, 1.807) is 0 Å². The Hall–Kier alpha value is -1.01. The molecule has 0 unspecified atom stereocenters. The van der Waals surface area contributed by atoms with Crippen LogP contribution in [0.2, 0.25) is 0 Å². The summed E-state index contributed by atoms with van der Waals surface area (Å²) in [5.74, 6) is -0.736. The zero-order chi connectivity index (χ0) is 14.5. The third-order valence-corrected chi connectivity index (χ3v) is 4.80. The predicted octanol–water partition coefficient (Wildman–Crippen LogP) is 2.24. The van der Waals surface area contributed by atoms with E-state index in [1.165, 1.54) is 37.4 Å². The number of rotatable bonds is 7. The minimum absolute atomic E-state index is 0.0644. The fourth-order valence-electron chi connectivity index (χ4n) is 2.72. The first-order valence-electron chi connectivity index (χ1n) is 7.15. The lowest BCUT2D eigenvalue weighted by atomic mass is 10.2. The molecule has 5 nitrogen and oxygen atoms in total. The van der Waals surface area contributed by atoms with Crippen LogP contribution >= 0.6 is 11.8 Å². The van der Waals surface area contributed by atoms with E-state index in [9.17, 15) is 4.79 Å². The van der Waals surface area contributed by atoms with Gasteiger partial charge in [0.1, 0.15) is 0 Å². The first-order valence-corrected chi connectivity index (χ1v) is 8.13. The third-order valence-electron chi connectivity index (χ3n) is 3.83. The third kappa shape index (κ3) is 4.24. The maximum Gasteiger partial charge on any atom is 0.313 e. The number of aryl methyl sites for hydroxylation is 1. The van der Waals surface area contributed by atoms with E-state index in [2.05, 4.69) is 21.5 Å². The number of aromatic nitrogens is 2. The van der Waals surface area contributed by atoms with Gasteiger partial charge in [-0.25, -0.2) is 4.98 Å². The van der Waals surface area contributed by atoms with Crippen LogP contribution in [-0.2, 0) is 11.3 Å². The number of thioether (sulfide) groups is 1. The molecule has 1 N–H and O–H groups in total. The largest absolute Gasteiger partial charge is 0.481 e. The van der Waals surface area contributed by atoms with E-state index in [1.807, 2.05) is 13.1 Å². The highest BCUT2D eigenvalue weighted by Crippen LogP contribution is 2.23. The molecule has 0 spiro atoms. The second-order valence-electron chi connectivity index (χ2n) is 5.46. The molecular weight excluding hydrogens is 274 g/mol. The van der Waals surface area contributed by atoms with Gasteiger partial charge in [-0.1, -0.05) is 24.6 Å². The summed E-state index contributed by atoms with van der Waals surface area (Å²) >= 11 is 1.29. The number of aliphatic carboxylic acids is 1. The van der Waals surface area contributed by atoms with Crippen molar-refractivity contribution in [3.05, 3.63) is 11.9 Å². The van der Waals surface area contributed by atoms with Gasteiger partial charge in [0.2, 0.25) is 0 Å². The Kier molecular flexibility index (Phi) is 5.48. The molecular formula is C14H23N3O2S. The molecule has 1 heterocycles. The van der Waals surface area contributed by atoms with E-state index in [-0.39, 0.29) is 5.75 Å². The predicted molar refractivity (Wildman–Crippen MR) is 80.2 cm³/mol. The van der Waals surface area contributed by atoms with Gasteiger partial charge in [0.05, 0.1) is 11.4 Å². The SMILES string of the molecule is Cc1cn(CCN(C)C2CCCC2)c(SCC(=O)O)n1. The maximum atomic E-state index is 10.7.